The first kappa shape index (κ1) is 17.1. The number of anilines is 1. The van der Waals surface area contributed by atoms with E-state index in [4.69, 9.17) is 4.42 Å². The molecule has 0 spiro atoms. The van der Waals surface area contributed by atoms with Gasteiger partial charge in [0.2, 0.25) is 10.0 Å². The molecule has 124 valence electrons. The van der Waals surface area contributed by atoms with Gasteiger partial charge >= 0.3 is 0 Å². The quantitative estimate of drug-likeness (QED) is 0.876. The van der Waals surface area contributed by atoms with Crippen LogP contribution in [0.15, 0.2) is 41.0 Å². The zero-order valence-electron chi connectivity index (χ0n) is 13.4. The molecule has 0 unspecified atom stereocenters. The molecular formula is C16H20N2O4S. The Labute approximate surface area is 136 Å². The van der Waals surface area contributed by atoms with Gasteiger partial charge < -0.3 is 9.73 Å². The number of para-hydroxylation sites is 1. The van der Waals surface area contributed by atoms with Gasteiger partial charge in [-0.05, 0) is 37.1 Å². The molecule has 6 nitrogen and oxygen atoms in total. The molecule has 23 heavy (non-hydrogen) atoms. The molecule has 2 rings (SSSR count). The average molecular weight is 336 g/mol. The summed E-state index contributed by atoms with van der Waals surface area (Å²) in [6.45, 7) is 4.06. The molecule has 0 aliphatic rings. The van der Waals surface area contributed by atoms with Crippen LogP contribution >= 0.6 is 0 Å². The topological polar surface area (TPSA) is 79.6 Å². The van der Waals surface area contributed by atoms with Crippen molar-refractivity contribution in [2.45, 2.75) is 13.8 Å². The van der Waals surface area contributed by atoms with Gasteiger partial charge in [-0.15, -0.1) is 0 Å². The summed E-state index contributed by atoms with van der Waals surface area (Å²) in [6, 6.07) is 8.78. The first-order valence-corrected chi connectivity index (χ1v) is 9.01. The number of nitrogens with one attached hydrogen (secondary N) is 1. The number of carbonyl (C=O) groups is 1. The third kappa shape index (κ3) is 4.13. The lowest BCUT2D eigenvalue weighted by Gasteiger charge is -2.26. The van der Waals surface area contributed by atoms with E-state index in [1.807, 2.05) is 32.0 Å². The second-order valence-corrected chi connectivity index (χ2v) is 7.22. The number of sulfonamides is 1. The number of benzene rings is 1. The Morgan fingerprint density at radius 1 is 1.17 bits per heavy atom. The molecule has 1 aromatic heterocycles. The lowest BCUT2D eigenvalue weighted by molar-refractivity contribution is 0.0927. The Morgan fingerprint density at radius 3 is 2.35 bits per heavy atom. The van der Waals surface area contributed by atoms with Crippen LogP contribution in [0.25, 0.3) is 0 Å². The number of rotatable bonds is 6. The van der Waals surface area contributed by atoms with Gasteiger partial charge in [-0.2, -0.15) is 0 Å². The van der Waals surface area contributed by atoms with Crippen LogP contribution in [0.3, 0.4) is 0 Å². The number of carbonyl (C=O) groups excluding carboxylic acids is 1. The number of nitrogens with zero attached hydrogens (tertiary/aromatic N) is 1. The summed E-state index contributed by atoms with van der Waals surface area (Å²) in [4.78, 5) is 11.8. The molecule has 0 saturated carbocycles. The minimum Gasteiger partial charge on any atom is -0.459 e. The van der Waals surface area contributed by atoms with Crippen LogP contribution in [0, 0.1) is 13.8 Å². The predicted octanol–water partition coefficient (Wildman–Crippen LogP) is 2.09. The number of amides is 1. The van der Waals surface area contributed by atoms with Gasteiger partial charge in [0, 0.05) is 6.54 Å². The molecule has 1 aromatic carbocycles. The van der Waals surface area contributed by atoms with E-state index >= 15 is 0 Å². The van der Waals surface area contributed by atoms with Crippen molar-refractivity contribution >= 4 is 21.6 Å². The molecule has 0 atom stereocenters. The third-order valence-electron chi connectivity index (χ3n) is 3.43. The molecule has 1 N–H and O–H groups in total. The minimum absolute atomic E-state index is 0.150. The summed E-state index contributed by atoms with van der Waals surface area (Å²) >= 11 is 0. The van der Waals surface area contributed by atoms with Gasteiger partial charge in [0.15, 0.2) is 5.76 Å². The number of hydrogen-bond donors (Lipinski definition) is 1. The summed E-state index contributed by atoms with van der Waals surface area (Å²) in [7, 11) is -3.46. The molecule has 1 amide bonds. The minimum atomic E-state index is -3.46. The van der Waals surface area contributed by atoms with E-state index < -0.39 is 10.0 Å². The summed E-state index contributed by atoms with van der Waals surface area (Å²) in [5, 5.41) is 2.66. The highest BCUT2D eigenvalue weighted by molar-refractivity contribution is 7.92. The monoisotopic (exact) mass is 336 g/mol. The third-order valence-corrected chi connectivity index (χ3v) is 4.60. The summed E-state index contributed by atoms with van der Waals surface area (Å²) in [5.41, 5.74) is 2.39. The first-order valence-electron chi connectivity index (χ1n) is 7.16. The molecule has 0 aliphatic carbocycles. The lowest BCUT2D eigenvalue weighted by atomic mass is 10.1. The van der Waals surface area contributed by atoms with E-state index in [0.717, 1.165) is 17.4 Å². The fourth-order valence-corrected chi connectivity index (χ4v) is 3.45. The highest BCUT2D eigenvalue weighted by atomic mass is 32.2. The maximum atomic E-state index is 12.1. The van der Waals surface area contributed by atoms with Crippen molar-refractivity contribution in [2.24, 2.45) is 0 Å². The van der Waals surface area contributed by atoms with E-state index in [9.17, 15) is 13.2 Å². The number of hydrogen-bond acceptors (Lipinski definition) is 4. The van der Waals surface area contributed by atoms with Gasteiger partial charge in [-0.25, -0.2) is 8.42 Å². The average Bonchev–Trinajstić information content (AvgIpc) is 2.98. The molecule has 0 fully saturated rings. The fourth-order valence-electron chi connectivity index (χ4n) is 2.41. The summed E-state index contributed by atoms with van der Waals surface area (Å²) < 4.78 is 30.6. The predicted molar refractivity (Wildman–Crippen MR) is 89.1 cm³/mol. The van der Waals surface area contributed by atoms with E-state index in [1.165, 1.54) is 10.6 Å². The SMILES string of the molecule is Cc1cccc(C)c1N(CCNC(=O)c1ccco1)S(C)(=O)=O. The van der Waals surface area contributed by atoms with Crippen molar-refractivity contribution in [3.8, 4) is 0 Å². The van der Waals surface area contributed by atoms with Crippen LogP contribution in [0.1, 0.15) is 21.7 Å². The van der Waals surface area contributed by atoms with E-state index in [-0.39, 0.29) is 24.8 Å². The van der Waals surface area contributed by atoms with Crippen LogP contribution in [-0.2, 0) is 10.0 Å². The zero-order valence-corrected chi connectivity index (χ0v) is 14.2. The molecule has 0 radical (unpaired) electrons. The molecule has 1 heterocycles. The van der Waals surface area contributed by atoms with E-state index in [1.54, 1.807) is 12.1 Å². The van der Waals surface area contributed by atoms with Crippen molar-refractivity contribution in [1.29, 1.82) is 0 Å². The van der Waals surface area contributed by atoms with Crippen molar-refractivity contribution < 1.29 is 17.6 Å². The summed E-state index contributed by atoms with van der Waals surface area (Å²) in [6.07, 6.45) is 2.57. The maximum Gasteiger partial charge on any atom is 0.287 e. The van der Waals surface area contributed by atoms with E-state index in [0.29, 0.717) is 5.69 Å². The number of furan rings is 1. The van der Waals surface area contributed by atoms with Gasteiger partial charge in [0.05, 0.1) is 24.8 Å². The van der Waals surface area contributed by atoms with Crippen molar-refractivity contribution in [3.63, 3.8) is 0 Å². The lowest BCUT2D eigenvalue weighted by Crippen LogP contribution is -2.38. The Bertz CT molecular complexity index is 762. The fraction of sp³-hybridized carbons (Fsp3) is 0.312. The Hall–Kier alpha value is -2.28. The van der Waals surface area contributed by atoms with Crippen LogP contribution in [-0.4, -0.2) is 33.7 Å². The van der Waals surface area contributed by atoms with Crippen LogP contribution in [0.5, 0.6) is 0 Å². The van der Waals surface area contributed by atoms with Crippen LogP contribution < -0.4 is 9.62 Å². The number of aryl methyl sites for hydroxylation is 2. The highest BCUT2D eigenvalue weighted by Crippen LogP contribution is 2.26. The second kappa shape index (κ2) is 6.87. The molecule has 0 aliphatic heterocycles. The van der Waals surface area contributed by atoms with Crippen molar-refractivity contribution in [1.82, 2.24) is 5.32 Å². The largest absolute Gasteiger partial charge is 0.459 e. The molecule has 0 bridgehead atoms. The molecule has 0 saturated heterocycles. The van der Waals surface area contributed by atoms with Gasteiger partial charge in [-0.3, -0.25) is 9.10 Å². The second-order valence-electron chi connectivity index (χ2n) is 5.31. The zero-order chi connectivity index (χ0) is 17.0. The van der Waals surface area contributed by atoms with Crippen LogP contribution in [0.4, 0.5) is 5.69 Å². The maximum absolute atomic E-state index is 12.1. The van der Waals surface area contributed by atoms with Gasteiger partial charge in [0.25, 0.3) is 5.91 Å². The van der Waals surface area contributed by atoms with Gasteiger partial charge in [0.1, 0.15) is 0 Å². The Kier molecular flexibility index (Phi) is 5.10. The van der Waals surface area contributed by atoms with Crippen molar-refractivity contribution in [2.75, 3.05) is 23.7 Å². The van der Waals surface area contributed by atoms with Gasteiger partial charge in [-0.1, -0.05) is 18.2 Å². The van der Waals surface area contributed by atoms with E-state index in [2.05, 4.69) is 5.32 Å². The molecule has 7 heteroatoms. The first-order chi connectivity index (χ1) is 10.8. The smallest absolute Gasteiger partial charge is 0.287 e. The Balaban J connectivity index is 2.13. The standard InChI is InChI=1S/C16H20N2O4S/c1-12-6-4-7-13(2)15(12)18(23(3,20)21)10-9-17-16(19)14-8-5-11-22-14/h4-8,11H,9-10H2,1-3H3,(H,17,19). The molecule has 2 aromatic rings. The normalized spacial score (nSPS) is 11.3. The van der Waals surface area contributed by atoms with Crippen molar-refractivity contribution in [3.05, 3.63) is 53.5 Å². The summed E-state index contributed by atoms with van der Waals surface area (Å²) in [5.74, 6) is -0.173. The highest BCUT2D eigenvalue weighted by Gasteiger charge is 2.21. The Morgan fingerprint density at radius 2 is 1.83 bits per heavy atom. The molecular weight excluding hydrogens is 316 g/mol. The van der Waals surface area contributed by atoms with Crippen LogP contribution in [0.2, 0.25) is 0 Å².